The fraction of sp³-hybridized carbons (Fsp3) is 0.308. The molecule has 1 heterocycles. The van der Waals surface area contributed by atoms with Crippen LogP contribution in [0.2, 0.25) is 0 Å². The lowest BCUT2D eigenvalue weighted by Crippen LogP contribution is -2.07. The highest BCUT2D eigenvalue weighted by Gasteiger charge is 2.15. The second-order valence-corrected chi connectivity index (χ2v) is 3.82. The Labute approximate surface area is 116 Å². The first-order chi connectivity index (χ1) is 9.69. The summed E-state index contributed by atoms with van der Waals surface area (Å²) in [6.07, 6.45) is 0. The number of rotatable bonds is 5. The van der Waals surface area contributed by atoms with E-state index in [1.807, 2.05) is 6.92 Å². The Morgan fingerprint density at radius 2 is 1.95 bits per heavy atom. The third-order valence-corrected chi connectivity index (χ3v) is 2.56. The van der Waals surface area contributed by atoms with Gasteiger partial charge in [0, 0.05) is 6.54 Å². The molecule has 0 aliphatic rings. The normalized spacial score (nSPS) is 10.2. The third kappa shape index (κ3) is 2.76. The maximum Gasteiger partial charge on any atom is 0.321 e. The lowest BCUT2D eigenvalue weighted by Gasteiger charge is -2.09. The average Bonchev–Trinajstić information content (AvgIpc) is 2.47. The van der Waals surface area contributed by atoms with Gasteiger partial charge in [-0.3, -0.25) is 0 Å². The molecule has 0 aliphatic carbocycles. The molecule has 0 amide bonds. The predicted octanol–water partition coefficient (Wildman–Crippen LogP) is 2.13. The van der Waals surface area contributed by atoms with Gasteiger partial charge in [0.15, 0.2) is 17.4 Å². The molecule has 0 atom stereocenters. The molecule has 1 aromatic heterocycles. The van der Waals surface area contributed by atoms with Crippen LogP contribution < -0.4 is 14.8 Å². The molecule has 7 heteroatoms. The number of halogens is 1. The van der Waals surface area contributed by atoms with Gasteiger partial charge in [-0.2, -0.15) is 15.0 Å². The van der Waals surface area contributed by atoms with E-state index in [0.717, 1.165) is 0 Å². The van der Waals surface area contributed by atoms with Crippen molar-refractivity contribution in [3.05, 3.63) is 24.0 Å². The van der Waals surface area contributed by atoms with Crippen molar-refractivity contribution < 1.29 is 13.9 Å². The van der Waals surface area contributed by atoms with Gasteiger partial charge in [-0.15, -0.1) is 0 Å². The second kappa shape index (κ2) is 6.14. The monoisotopic (exact) mass is 278 g/mol. The summed E-state index contributed by atoms with van der Waals surface area (Å²) in [6.45, 7) is 2.54. The Bertz CT molecular complexity index is 607. The highest BCUT2D eigenvalue weighted by molar-refractivity contribution is 5.60. The van der Waals surface area contributed by atoms with Gasteiger partial charge in [-0.1, -0.05) is 6.07 Å². The number of hydrogen-bond acceptors (Lipinski definition) is 6. The van der Waals surface area contributed by atoms with Crippen LogP contribution >= 0.6 is 0 Å². The average molecular weight is 278 g/mol. The number of nitrogens with one attached hydrogen (secondary N) is 1. The van der Waals surface area contributed by atoms with Crippen LogP contribution in [-0.2, 0) is 0 Å². The van der Waals surface area contributed by atoms with Crippen LogP contribution in [0.3, 0.4) is 0 Å². The Morgan fingerprint density at radius 1 is 1.15 bits per heavy atom. The van der Waals surface area contributed by atoms with Gasteiger partial charge in [0.2, 0.25) is 5.95 Å². The van der Waals surface area contributed by atoms with E-state index in [-0.39, 0.29) is 23.1 Å². The fourth-order valence-electron chi connectivity index (χ4n) is 1.65. The smallest absolute Gasteiger partial charge is 0.321 e. The van der Waals surface area contributed by atoms with Gasteiger partial charge in [-0.25, -0.2) is 4.39 Å². The van der Waals surface area contributed by atoms with E-state index in [0.29, 0.717) is 12.5 Å². The Morgan fingerprint density at radius 3 is 2.60 bits per heavy atom. The largest absolute Gasteiger partial charge is 0.494 e. The lowest BCUT2D eigenvalue weighted by atomic mass is 10.2. The quantitative estimate of drug-likeness (QED) is 0.903. The predicted molar refractivity (Wildman–Crippen MR) is 72.5 cm³/mol. The minimum atomic E-state index is -0.522. The van der Waals surface area contributed by atoms with Gasteiger partial charge in [-0.05, 0) is 19.1 Å². The van der Waals surface area contributed by atoms with Crippen molar-refractivity contribution in [1.82, 2.24) is 15.0 Å². The first-order valence-electron chi connectivity index (χ1n) is 6.06. The standard InChI is InChI=1S/C13H15FN4O2/c1-4-15-12-16-11(17-13(18-12)20-3)8-6-5-7-9(19-2)10(8)14/h5-7H,4H2,1-3H3,(H,15,16,17,18). The second-order valence-electron chi connectivity index (χ2n) is 3.82. The minimum absolute atomic E-state index is 0.119. The van der Waals surface area contributed by atoms with E-state index in [1.165, 1.54) is 20.3 Å². The number of anilines is 1. The Kier molecular flexibility index (Phi) is 4.29. The molecule has 1 N–H and O–H groups in total. The number of ether oxygens (including phenoxy) is 2. The maximum atomic E-state index is 14.2. The van der Waals surface area contributed by atoms with Gasteiger partial charge < -0.3 is 14.8 Å². The topological polar surface area (TPSA) is 69.2 Å². The van der Waals surface area contributed by atoms with Crippen molar-refractivity contribution in [3.8, 4) is 23.1 Å². The number of hydrogen-bond donors (Lipinski definition) is 1. The molecule has 0 bridgehead atoms. The molecule has 0 saturated carbocycles. The first-order valence-corrected chi connectivity index (χ1v) is 6.06. The summed E-state index contributed by atoms with van der Waals surface area (Å²) in [6, 6.07) is 4.89. The summed E-state index contributed by atoms with van der Waals surface area (Å²) in [5, 5.41) is 2.94. The molecule has 0 aliphatic heterocycles. The van der Waals surface area contributed by atoms with Crippen LogP contribution in [0.15, 0.2) is 18.2 Å². The van der Waals surface area contributed by atoms with Gasteiger partial charge >= 0.3 is 6.01 Å². The van der Waals surface area contributed by atoms with Crippen molar-refractivity contribution >= 4 is 5.95 Å². The molecule has 2 rings (SSSR count). The summed E-state index contributed by atoms with van der Waals surface area (Å²) in [5.41, 5.74) is 0.226. The molecule has 0 unspecified atom stereocenters. The van der Waals surface area contributed by atoms with Crippen molar-refractivity contribution in [3.63, 3.8) is 0 Å². The van der Waals surface area contributed by atoms with Gasteiger partial charge in [0.25, 0.3) is 0 Å². The summed E-state index contributed by atoms with van der Waals surface area (Å²) in [7, 11) is 2.84. The van der Waals surface area contributed by atoms with Crippen LogP contribution in [0.1, 0.15) is 6.92 Å². The molecule has 2 aromatic rings. The summed E-state index contributed by atoms with van der Waals surface area (Å²) in [4.78, 5) is 12.3. The maximum absolute atomic E-state index is 14.2. The van der Waals surface area contributed by atoms with E-state index >= 15 is 0 Å². The minimum Gasteiger partial charge on any atom is -0.494 e. The van der Waals surface area contributed by atoms with Crippen LogP contribution in [0, 0.1) is 5.82 Å². The van der Waals surface area contributed by atoms with Gasteiger partial charge in [0.1, 0.15) is 0 Å². The molecular formula is C13H15FN4O2. The summed E-state index contributed by atoms with van der Waals surface area (Å²) >= 11 is 0. The molecule has 1 aromatic carbocycles. The Hall–Kier alpha value is -2.44. The molecule has 6 nitrogen and oxygen atoms in total. The van der Waals surface area contributed by atoms with E-state index in [2.05, 4.69) is 20.3 Å². The van der Waals surface area contributed by atoms with E-state index in [4.69, 9.17) is 9.47 Å². The lowest BCUT2D eigenvalue weighted by molar-refractivity contribution is 0.378. The third-order valence-electron chi connectivity index (χ3n) is 2.56. The molecule has 0 fully saturated rings. The SMILES string of the molecule is CCNc1nc(OC)nc(-c2cccc(OC)c2F)n1. The van der Waals surface area contributed by atoms with E-state index in [9.17, 15) is 4.39 Å². The highest BCUT2D eigenvalue weighted by Crippen LogP contribution is 2.27. The summed E-state index contributed by atoms with van der Waals surface area (Å²) in [5.74, 6) is 0.123. The zero-order valence-electron chi connectivity index (χ0n) is 11.5. The first kappa shape index (κ1) is 14.0. The summed E-state index contributed by atoms with van der Waals surface area (Å²) < 4.78 is 24.2. The fourth-order valence-corrected chi connectivity index (χ4v) is 1.65. The van der Waals surface area contributed by atoms with Crippen LogP contribution in [0.5, 0.6) is 11.8 Å². The molecule has 0 saturated heterocycles. The molecule has 0 radical (unpaired) electrons. The molecule has 0 spiro atoms. The molecular weight excluding hydrogens is 263 g/mol. The van der Waals surface area contributed by atoms with Crippen molar-refractivity contribution in [2.45, 2.75) is 6.92 Å². The van der Waals surface area contributed by atoms with E-state index in [1.54, 1.807) is 12.1 Å². The van der Waals surface area contributed by atoms with E-state index < -0.39 is 5.82 Å². The zero-order valence-corrected chi connectivity index (χ0v) is 11.5. The van der Waals surface area contributed by atoms with Crippen molar-refractivity contribution in [2.24, 2.45) is 0 Å². The van der Waals surface area contributed by atoms with Crippen LogP contribution in [0.4, 0.5) is 10.3 Å². The van der Waals surface area contributed by atoms with Crippen molar-refractivity contribution in [2.75, 3.05) is 26.1 Å². The zero-order chi connectivity index (χ0) is 14.5. The van der Waals surface area contributed by atoms with Crippen molar-refractivity contribution in [1.29, 1.82) is 0 Å². The number of aromatic nitrogens is 3. The van der Waals surface area contributed by atoms with Crippen LogP contribution in [0.25, 0.3) is 11.4 Å². The number of benzene rings is 1. The number of nitrogens with zero attached hydrogens (tertiary/aromatic N) is 3. The number of methoxy groups -OCH3 is 2. The van der Waals surface area contributed by atoms with Gasteiger partial charge in [0.05, 0.1) is 19.8 Å². The molecule has 20 heavy (non-hydrogen) atoms. The molecule has 106 valence electrons. The van der Waals surface area contributed by atoms with Crippen LogP contribution in [-0.4, -0.2) is 35.7 Å². The highest BCUT2D eigenvalue weighted by atomic mass is 19.1. The Balaban J connectivity index is 2.54.